The summed E-state index contributed by atoms with van der Waals surface area (Å²) in [5, 5.41) is 2.17. The molecule has 1 aromatic heterocycles. The highest BCUT2D eigenvalue weighted by atomic mass is 79.9. The number of rotatable bonds is 5. The van der Waals surface area contributed by atoms with Crippen LogP contribution in [-0.2, 0) is 9.59 Å². The molecule has 0 spiro atoms. The standard InChI is InChI=1S/C22H15BrN2O4S/c23-15-8-6-14(7-9-15)18-11-10-17(29-18)12-19-21(27)25(22(28)30-19)13-20(26)24-16-4-2-1-3-5-16/h1-12H,13H2,(H,24,26)/b19-12-. The maximum absolute atomic E-state index is 12.6. The van der Waals surface area contributed by atoms with Crippen molar-refractivity contribution in [2.75, 3.05) is 11.9 Å². The molecular formula is C22H15BrN2O4S. The van der Waals surface area contributed by atoms with Crippen molar-refractivity contribution in [2.24, 2.45) is 0 Å². The lowest BCUT2D eigenvalue weighted by atomic mass is 10.2. The molecule has 1 aliphatic heterocycles. The zero-order valence-electron chi connectivity index (χ0n) is 15.5. The van der Waals surface area contributed by atoms with Crippen LogP contribution in [0.15, 0.2) is 80.5 Å². The largest absolute Gasteiger partial charge is 0.457 e. The second kappa shape index (κ2) is 8.73. The Labute approximate surface area is 185 Å². The second-order valence-corrected chi connectivity index (χ2v) is 8.30. The lowest BCUT2D eigenvalue weighted by Gasteiger charge is -2.12. The number of para-hydroxylation sites is 1. The van der Waals surface area contributed by atoms with Crippen molar-refractivity contribution < 1.29 is 18.8 Å². The maximum Gasteiger partial charge on any atom is 0.294 e. The van der Waals surface area contributed by atoms with E-state index in [0.717, 1.165) is 26.7 Å². The molecule has 0 bridgehead atoms. The smallest absolute Gasteiger partial charge is 0.294 e. The first-order chi connectivity index (χ1) is 14.5. The van der Waals surface area contributed by atoms with E-state index in [0.29, 0.717) is 17.2 Å². The molecule has 2 heterocycles. The van der Waals surface area contributed by atoms with Gasteiger partial charge < -0.3 is 9.73 Å². The summed E-state index contributed by atoms with van der Waals surface area (Å²) >= 11 is 4.17. The number of hydrogen-bond donors (Lipinski definition) is 1. The van der Waals surface area contributed by atoms with E-state index < -0.39 is 17.1 Å². The first kappa shape index (κ1) is 20.2. The zero-order chi connectivity index (χ0) is 21.1. The van der Waals surface area contributed by atoms with Gasteiger partial charge in [-0.25, -0.2) is 0 Å². The van der Waals surface area contributed by atoms with Gasteiger partial charge >= 0.3 is 0 Å². The number of imide groups is 1. The summed E-state index contributed by atoms with van der Waals surface area (Å²) < 4.78 is 6.75. The molecule has 3 aromatic rings. The number of nitrogens with one attached hydrogen (secondary N) is 1. The van der Waals surface area contributed by atoms with Gasteiger partial charge in [0.15, 0.2) is 0 Å². The predicted molar refractivity (Wildman–Crippen MR) is 120 cm³/mol. The number of benzene rings is 2. The third-order valence-electron chi connectivity index (χ3n) is 4.26. The molecule has 4 rings (SSSR count). The summed E-state index contributed by atoms with van der Waals surface area (Å²) in [5.74, 6) is 0.137. The topological polar surface area (TPSA) is 79.6 Å². The zero-order valence-corrected chi connectivity index (χ0v) is 17.9. The Morgan fingerprint density at radius 1 is 1.03 bits per heavy atom. The molecule has 150 valence electrons. The molecule has 0 unspecified atom stereocenters. The molecule has 0 saturated carbocycles. The van der Waals surface area contributed by atoms with Crippen molar-refractivity contribution in [3.8, 4) is 11.3 Å². The quantitative estimate of drug-likeness (QED) is 0.493. The van der Waals surface area contributed by atoms with Gasteiger partial charge in [0.05, 0.1) is 4.91 Å². The van der Waals surface area contributed by atoms with Crippen LogP contribution in [0.25, 0.3) is 17.4 Å². The third kappa shape index (κ3) is 4.55. The molecule has 1 N–H and O–H groups in total. The van der Waals surface area contributed by atoms with Crippen LogP contribution in [0.5, 0.6) is 0 Å². The lowest BCUT2D eigenvalue weighted by molar-refractivity contribution is -0.127. The number of furan rings is 1. The van der Waals surface area contributed by atoms with Gasteiger partial charge in [0.2, 0.25) is 5.91 Å². The SMILES string of the molecule is O=C(CN1C(=O)S/C(=C\c2ccc(-c3ccc(Br)cc3)o2)C1=O)Nc1ccccc1. The average molecular weight is 483 g/mol. The Morgan fingerprint density at radius 3 is 2.50 bits per heavy atom. The van der Waals surface area contributed by atoms with Crippen molar-refractivity contribution in [1.82, 2.24) is 4.90 Å². The minimum absolute atomic E-state index is 0.212. The van der Waals surface area contributed by atoms with Crippen molar-refractivity contribution in [2.45, 2.75) is 0 Å². The number of nitrogens with zero attached hydrogens (tertiary/aromatic N) is 1. The molecule has 8 heteroatoms. The minimum atomic E-state index is -0.519. The van der Waals surface area contributed by atoms with E-state index in [9.17, 15) is 14.4 Å². The highest BCUT2D eigenvalue weighted by molar-refractivity contribution is 9.10. The van der Waals surface area contributed by atoms with Crippen LogP contribution in [-0.4, -0.2) is 28.5 Å². The number of halogens is 1. The lowest BCUT2D eigenvalue weighted by Crippen LogP contribution is -2.36. The van der Waals surface area contributed by atoms with Crippen LogP contribution in [0.3, 0.4) is 0 Å². The predicted octanol–water partition coefficient (Wildman–Crippen LogP) is 5.38. The molecule has 1 saturated heterocycles. The van der Waals surface area contributed by atoms with Crippen LogP contribution < -0.4 is 5.32 Å². The molecule has 0 aliphatic carbocycles. The molecule has 0 radical (unpaired) electrons. The van der Waals surface area contributed by atoms with E-state index in [1.807, 2.05) is 30.3 Å². The van der Waals surface area contributed by atoms with Crippen LogP contribution in [0.1, 0.15) is 5.76 Å². The number of hydrogen-bond acceptors (Lipinski definition) is 5. The maximum atomic E-state index is 12.6. The fraction of sp³-hybridized carbons (Fsp3) is 0.0455. The van der Waals surface area contributed by atoms with Gasteiger partial charge in [-0.1, -0.05) is 46.3 Å². The van der Waals surface area contributed by atoms with Gasteiger partial charge in [-0.2, -0.15) is 0 Å². The average Bonchev–Trinajstić information content (AvgIpc) is 3.30. The molecule has 6 nitrogen and oxygen atoms in total. The Balaban J connectivity index is 1.45. The summed E-state index contributed by atoms with van der Waals surface area (Å²) in [4.78, 5) is 38.2. The summed E-state index contributed by atoms with van der Waals surface area (Å²) in [7, 11) is 0. The second-order valence-electron chi connectivity index (χ2n) is 6.39. The van der Waals surface area contributed by atoms with Crippen LogP contribution in [0, 0.1) is 0 Å². The minimum Gasteiger partial charge on any atom is -0.457 e. The van der Waals surface area contributed by atoms with E-state index in [-0.39, 0.29) is 11.4 Å². The third-order valence-corrected chi connectivity index (χ3v) is 5.70. The van der Waals surface area contributed by atoms with Crippen LogP contribution >= 0.6 is 27.7 Å². The molecule has 30 heavy (non-hydrogen) atoms. The highest BCUT2D eigenvalue weighted by Gasteiger charge is 2.36. The number of carbonyl (C=O) groups is 3. The van der Waals surface area contributed by atoms with E-state index in [1.165, 1.54) is 6.08 Å². The molecule has 3 amide bonds. The number of anilines is 1. The monoisotopic (exact) mass is 482 g/mol. The van der Waals surface area contributed by atoms with E-state index in [2.05, 4.69) is 21.2 Å². The summed E-state index contributed by atoms with van der Waals surface area (Å²) in [6, 6.07) is 20.0. The van der Waals surface area contributed by atoms with E-state index in [4.69, 9.17) is 4.42 Å². The molecule has 0 atom stereocenters. The van der Waals surface area contributed by atoms with Gasteiger partial charge in [-0.05, 0) is 48.2 Å². The summed E-state index contributed by atoms with van der Waals surface area (Å²) in [6.07, 6.45) is 1.52. The van der Waals surface area contributed by atoms with E-state index in [1.54, 1.807) is 36.4 Å². The van der Waals surface area contributed by atoms with Gasteiger partial charge in [0, 0.05) is 21.8 Å². The summed E-state index contributed by atoms with van der Waals surface area (Å²) in [5.41, 5.74) is 1.49. The van der Waals surface area contributed by atoms with Gasteiger partial charge in [0.1, 0.15) is 18.1 Å². The van der Waals surface area contributed by atoms with Crippen LogP contribution in [0.4, 0.5) is 10.5 Å². The Bertz CT molecular complexity index is 1140. The van der Waals surface area contributed by atoms with Crippen molar-refractivity contribution in [3.63, 3.8) is 0 Å². The van der Waals surface area contributed by atoms with Gasteiger partial charge in [-0.15, -0.1) is 0 Å². The molecule has 1 aliphatic rings. The van der Waals surface area contributed by atoms with Crippen molar-refractivity contribution >= 4 is 56.5 Å². The number of thioether (sulfide) groups is 1. The normalized spacial score (nSPS) is 15.1. The highest BCUT2D eigenvalue weighted by Crippen LogP contribution is 2.33. The van der Waals surface area contributed by atoms with E-state index >= 15 is 0 Å². The van der Waals surface area contributed by atoms with Gasteiger partial charge in [-0.3, -0.25) is 19.3 Å². The van der Waals surface area contributed by atoms with Gasteiger partial charge in [0.25, 0.3) is 11.1 Å². The Kier molecular flexibility index (Phi) is 5.87. The number of amides is 3. The summed E-state index contributed by atoms with van der Waals surface area (Å²) in [6.45, 7) is -0.348. The first-order valence-corrected chi connectivity index (χ1v) is 10.6. The van der Waals surface area contributed by atoms with Crippen molar-refractivity contribution in [3.05, 3.63) is 81.9 Å². The molecular weight excluding hydrogens is 468 g/mol. The fourth-order valence-electron chi connectivity index (χ4n) is 2.83. The fourth-order valence-corrected chi connectivity index (χ4v) is 3.91. The van der Waals surface area contributed by atoms with Crippen LogP contribution in [0.2, 0.25) is 0 Å². The van der Waals surface area contributed by atoms with Crippen molar-refractivity contribution in [1.29, 1.82) is 0 Å². The number of carbonyl (C=O) groups excluding carboxylic acids is 3. The Hall–Kier alpha value is -3.10. The molecule has 2 aromatic carbocycles. The Morgan fingerprint density at radius 2 is 1.77 bits per heavy atom. The first-order valence-electron chi connectivity index (χ1n) is 8.95. The molecule has 1 fully saturated rings.